The van der Waals surface area contributed by atoms with Crippen LogP contribution in [0.4, 0.5) is 5.69 Å². The molecule has 5 heteroatoms. The molecule has 1 aromatic rings. The number of thiophene rings is 1. The van der Waals surface area contributed by atoms with Gasteiger partial charge in [-0.2, -0.15) is 0 Å². The van der Waals surface area contributed by atoms with E-state index < -0.39 is 0 Å². The van der Waals surface area contributed by atoms with Crippen LogP contribution in [-0.4, -0.2) is 25.2 Å². The summed E-state index contributed by atoms with van der Waals surface area (Å²) in [6.45, 7) is 3.45. The largest absolute Gasteiger partial charge is 0.398 e. The van der Waals surface area contributed by atoms with E-state index in [1.54, 1.807) is 6.07 Å². The first-order valence-electron chi connectivity index (χ1n) is 6.42. The van der Waals surface area contributed by atoms with Crippen LogP contribution in [-0.2, 0) is 4.74 Å². The Morgan fingerprint density at radius 3 is 3.06 bits per heavy atom. The van der Waals surface area contributed by atoms with E-state index in [0.717, 1.165) is 30.7 Å². The maximum atomic E-state index is 11.9. The highest BCUT2D eigenvalue weighted by atomic mass is 32.1. The predicted octanol–water partition coefficient (Wildman–Crippen LogP) is 2.33. The van der Waals surface area contributed by atoms with Gasteiger partial charge in [0.2, 0.25) is 0 Å². The molecule has 1 unspecified atom stereocenters. The van der Waals surface area contributed by atoms with Crippen molar-refractivity contribution in [3.8, 4) is 0 Å². The Labute approximate surface area is 112 Å². The highest BCUT2D eigenvalue weighted by molar-refractivity contribution is 7.14. The van der Waals surface area contributed by atoms with Crippen molar-refractivity contribution in [2.75, 3.05) is 18.9 Å². The number of carbonyl (C=O) groups excluding carboxylic acids is 1. The first-order valence-corrected chi connectivity index (χ1v) is 7.24. The van der Waals surface area contributed by atoms with Gasteiger partial charge in [0, 0.05) is 23.7 Å². The van der Waals surface area contributed by atoms with Gasteiger partial charge in [0.05, 0.1) is 11.0 Å². The van der Waals surface area contributed by atoms with Crippen molar-refractivity contribution in [1.29, 1.82) is 0 Å². The van der Waals surface area contributed by atoms with Crippen LogP contribution >= 0.6 is 11.3 Å². The SMILES string of the molecule is Cc1sc(C(=O)NCCC2CCCCO2)cc1N. The molecule has 0 radical (unpaired) electrons. The second-order valence-corrected chi connectivity index (χ2v) is 5.91. The minimum absolute atomic E-state index is 0.0318. The van der Waals surface area contributed by atoms with Crippen molar-refractivity contribution in [2.24, 2.45) is 0 Å². The van der Waals surface area contributed by atoms with Crippen LogP contribution in [0.3, 0.4) is 0 Å². The summed E-state index contributed by atoms with van der Waals surface area (Å²) in [5.41, 5.74) is 6.43. The lowest BCUT2D eigenvalue weighted by molar-refractivity contribution is 0.0117. The van der Waals surface area contributed by atoms with Crippen LogP contribution in [0.1, 0.15) is 40.2 Å². The van der Waals surface area contributed by atoms with E-state index in [1.165, 1.54) is 17.8 Å². The lowest BCUT2D eigenvalue weighted by Gasteiger charge is -2.22. The van der Waals surface area contributed by atoms with Crippen molar-refractivity contribution < 1.29 is 9.53 Å². The lowest BCUT2D eigenvalue weighted by Crippen LogP contribution is -2.29. The Balaban J connectivity index is 1.74. The van der Waals surface area contributed by atoms with Gasteiger partial charge < -0.3 is 15.8 Å². The third kappa shape index (κ3) is 3.46. The number of ether oxygens (including phenoxy) is 1. The number of aryl methyl sites for hydroxylation is 1. The topological polar surface area (TPSA) is 64.3 Å². The molecule has 3 N–H and O–H groups in total. The van der Waals surface area contributed by atoms with Gasteiger partial charge in [-0.3, -0.25) is 4.79 Å². The number of nitrogen functional groups attached to an aromatic ring is 1. The Morgan fingerprint density at radius 2 is 2.44 bits per heavy atom. The average molecular weight is 268 g/mol. The number of rotatable bonds is 4. The summed E-state index contributed by atoms with van der Waals surface area (Å²) in [6, 6.07) is 1.74. The van der Waals surface area contributed by atoms with Gasteiger partial charge >= 0.3 is 0 Å². The first-order chi connectivity index (χ1) is 8.66. The Morgan fingerprint density at radius 1 is 1.61 bits per heavy atom. The first kappa shape index (κ1) is 13.4. The number of hydrogen-bond acceptors (Lipinski definition) is 4. The van der Waals surface area contributed by atoms with Crippen LogP contribution in [0, 0.1) is 6.92 Å². The van der Waals surface area contributed by atoms with Gasteiger partial charge in [0.1, 0.15) is 0 Å². The standard InChI is InChI=1S/C13H20N2O2S/c1-9-11(14)8-12(18-9)13(16)15-6-5-10-4-2-3-7-17-10/h8,10H,2-7,14H2,1H3,(H,15,16). The summed E-state index contributed by atoms with van der Waals surface area (Å²) >= 11 is 1.44. The molecule has 1 aliphatic rings. The van der Waals surface area contributed by atoms with E-state index in [0.29, 0.717) is 23.2 Å². The second-order valence-electron chi connectivity index (χ2n) is 4.66. The molecule has 4 nitrogen and oxygen atoms in total. The monoisotopic (exact) mass is 268 g/mol. The Hall–Kier alpha value is -1.07. The Kier molecular flexibility index (Phi) is 4.60. The fourth-order valence-electron chi connectivity index (χ4n) is 2.08. The molecule has 100 valence electrons. The second kappa shape index (κ2) is 6.20. The molecule has 0 aromatic carbocycles. The zero-order chi connectivity index (χ0) is 13.0. The smallest absolute Gasteiger partial charge is 0.261 e. The van der Waals surface area contributed by atoms with Crippen molar-refractivity contribution in [2.45, 2.75) is 38.7 Å². The minimum Gasteiger partial charge on any atom is -0.398 e. The quantitative estimate of drug-likeness (QED) is 0.881. The van der Waals surface area contributed by atoms with Crippen LogP contribution in [0.2, 0.25) is 0 Å². The maximum Gasteiger partial charge on any atom is 0.261 e. The van der Waals surface area contributed by atoms with Gasteiger partial charge in [-0.05, 0) is 38.7 Å². The molecule has 1 aromatic heterocycles. The number of carbonyl (C=O) groups is 1. The van der Waals surface area contributed by atoms with Crippen molar-refractivity contribution in [3.05, 3.63) is 15.8 Å². The minimum atomic E-state index is -0.0318. The summed E-state index contributed by atoms with van der Waals surface area (Å²) in [5, 5.41) is 2.92. The van der Waals surface area contributed by atoms with E-state index in [4.69, 9.17) is 10.5 Å². The van der Waals surface area contributed by atoms with Crippen molar-refractivity contribution in [3.63, 3.8) is 0 Å². The molecule has 18 heavy (non-hydrogen) atoms. The van der Waals surface area contributed by atoms with E-state index in [-0.39, 0.29) is 5.91 Å². The molecule has 1 aliphatic heterocycles. The molecule has 1 atom stereocenters. The van der Waals surface area contributed by atoms with E-state index in [1.807, 2.05) is 6.92 Å². The van der Waals surface area contributed by atoms with E-state index >= 15 is 0 Å². The molecular formula is C13H20N2O2S. The van der Waals surface area contributed by atoms with E-state index in [2.05, 4.69) is 5.32 Å². The molecule has 1 amide bonds. The summed E-state index contributed by atoms with van der Waals surface area (Å²) in [7, 11) is 0. The van der Waals surface area contributed by atoms with Gasteiger partial charge in [-0.25, -0.2) is 0 Å². The average Bonchev–Trinajstić information content (AvgIpc) is 2.71. The highest BCUT2D eigenvalue weighted by Gasteiger charge is 2.15. The van der Waals surface area contributed by atoms with Crippen LogP contribution < -0.4 is 11.1 Å². The number of nitrogens with one attached hydrogen (secondary N) is 1. The van der Waals surface area contributed by atoms with Crippen molar-refractivity contribution >= 4 is 22.9 Å². The number of amides is 1. The molecule has 2 heterocycles. The third-order valence-electron chi connectivity index (χ3n) is 3.21. The van der Waals surface area contributed by atoms with E-state index in [9.17, 15) is 4.79 Å². The molecular weight excluding hydrogens is 248 g/mol. The van der Waals surface area contributed by atoms with Gasteiger partial charge in [0.25, 0.3) is 5.91 Å². The normalized spacial score (nSPS) is 19.7. The number of hydrogen-bond donors (Lipinski definition) is 2. The van der Waals surface area contributed by atoms with Crippen LogP contribution in [0.5, 0.6) is 0 Å². The third-order valence-corrected chi connectivity index (χ3v) is 4.27. The molecule has 0 saturated carbocycles. The zero-order valence-corrected chi connectivity index (χ0v) is 11.5. The molecule has 0 aliphatic carbocycles. The van der Waals surface area contributed by atoms with Gasteiger partial charge in [0.15, 0.2) is 0 Å². The molecule has 0 spiro atoms. The maximum absolute atomic E-state index is 11.9. The summed E-state index contributed by atoms with van der Waals surface area (Å²) in [5.74, 6) is -0.0318. The predicted molar refractivity (Wildman–Crippen MR) is 74.0 cm³/mol. The molecule has 2 rings (SSSR count). The Bertz CT molecular complexity index is 392. The fraction of sp³-hybridized carbons (Fsp3) is 0.615. The summed E-state index contributed by atoms with van der Waals surface area (Å²) in [4.78, 5) is 13.5. The van der Waals surface area contributed by atoms with Gasteiger partial charge in [-0.1, -0.05) is 0 Å². The summed E-state index contributed by atoms with van der Waals surface area (Å²) in [6.07, 6.45) is 4.72. The number of anilines is 1. The lowest BCUT2D eigenvalue weighted by atomic mass is 10.1. The van der Waals surface area contributed by atoms with Crippen LogP contribution in [0.15, 0.2) is 6.07 Å². The van der Waals surface area contributed by atoms with Crippen molar-refractivity contribution in [1.82, 2.24) is 5.32 Å². The fourth-order valence-corrected chi connectivity index (χ4v) is 2.93. The van der Waals surface area contributed by atoms with Gasteiger partial charge in [-0.15, -0.1) is 11.3 Å². The zero-order valence-electron chi connectivity index (χ0n) is 10.7. The highest BCUT2D eigenvalue weighted by Crippen LogP contribution is 2.23. The number of nitrogens with two attached hydrogens (primary N) is 1. The van der Waals surface area contributed by atoms with Crippen LogP contribution in [0.25, 0.3) is 0 Å². The summed E-state index contributed by atoms with van der Waals surface area (Å²) < 4.78 is 5.62. The molecule has 1 fully saturated rings. The molecule has 0 bridgehead atoms. The molecule has 1 saturated heterocycles.